The molecule has 28 heavy (non-hydrogen) atoms. The van der Waals surface area contributed by atoms with Crippen LogP contribution in [0.2, 0.25) is 0 Å². The van der Waals surface area contributed by atoms with E-state index in [1.807, 2.05) is 32.0 Å². The van der Waals surface area contributed by atoms with Crippen LogP contribution in [0.25, 0.3) is 0 Å². The van der Waals surface area contributed by atoms with Gasteiger partial charge in [-0.3, -0.25) is 9.59 Å². The number of aromatic nitrogens is 2. The van der Waals surface area contributed by atoms with Crippen LogP contribution in [0.15, 0.2) is 54.9 Å². The van der Waals surface area contributed by atoms with Gasteiger partial charge >= 0.3 is 0 Å². The molecular weight excluding hydrogens is 354 g/mol. The fourth-order valence-electron chi connectivity index (χ4n) is 2.72. The second kappa shape index (κ2) is 8.30. The number of nitrogens with one attached hydrogen (secondary N) is 3. The summed E-state index contributed by atoms with van der Waals surface area (Å²) in [4.78, 5) is 32.0. The molecule has 1 heterocycles. The molecule has 0 bridgehead atoms. The Labute approximate surface area is 163 Å². The summed E-state index contributed by atoms with van der Waals surface area (Å²) in [5.74, 6) is -0.00553. The Kier molecular flexibility index (Phi) is 5.64. The highest BCUT2D eigenvalue weighted by Crippen LogP contribution is 2.23. The zero-order valence-corrected chi connectivity index (χ0v) is 15.9. The van der Waals surface area contributed by atoms with Crippen LogP contribution in [0.3, 0.4) is 0 Å². The van der Waals surface area contributed by atoms with E-state index in [9.17, 15) is 9.59 Å². The number of carbonyl (C=O) groups excluding carboxylic acids is 2. The van der Waals surface area contributed by atoms with E-state index in [4.69, 9.17) is 0 Å². The minimum atomic E-state index is -0.383. The number of amides is 2. The van der Waals surface area contributed by atoms with Crippen LogP contribution in [0.4, 0.5) is 22.9 Å². The summed E-state index contributed by atoms with van der Waals surface area (Å²) in [5, 5.41) is 8.65. The molecule has 3 rings (SSSR count). The monoisotopic (exact) mass is 375 g/mol. The molecule has 0 radical (unpaired) electrons. The minimum Gasteiger partial charge on any atom is -0.339 e. The highest BCUT2D eigenvalue weighted by atomic mass is 16.2. The summed E-state index contributed by atoms with van der Waals surface area (Å²) in [5.41, 5.74) is 4.52. The van der Waals surface area contributed by atoms with E-state index in [0.29, 0.717) is 17.2 Å². The summed E-state index contributed by atoms with van der Waals surface area (Å²) < 4.78 is 0. The zero-order chi connectivity index (χ0) is 20.1. The third kappa shape index (κ3) is 4.70. The molecule has 1 aromatic heterocycles. The molecule has 0 fully saturated rings. The van der Waals surface area contributed by atoms with Crippen molar-refractivity contribution in [3.63, 3.8) is 0 Å². The van der Waals surface area contributed by atoms with Gasteiger partial charge in [-0.05, 0) is 43.2 Å². The van der Waals surface area contributed by atoms with Crippen molar-refractivity contribution in [1.29, 1.82) is 0 Å². The van der Waals surface area contributed by atoms with Crippen molar-refractivity contribution in [3.05, 3.63) is 71.7 Å². The van der Waals surface area contributed by atoms with Crippen LogP contribution in [0.5, 0.6) is 0 Å². The Morgan fingerprint density at radius 2 is 1.50 bits per heavy atom. The molecule has 0 unspecified atom stereocenters. The summed E-state index contributed by atoms with van der Waals surface area (Å²) in [6.07, 6.45) is 2.94. The molecule has 0 saturated heterocycles. The highest BCUT2D eigenvalue weighted by Gasteiger charge is 2.10. The number of nitrogens with zero attached hydrogens (tertiary/aromatic N) is 2. The van der Waals surface area contributed by atoms with E-state index in [-0.39, 0.29) is 17.5 Å². The molecule has 142 valence electrons. The summed E-state index contributed by atoms with van der Waals surface area (Å²) >= 11 is 0. The smallest absolute Gasteiger partial charge is 0.275 e. The van der Waals surface area contributed by atoms with Gasteiger partial charge in [-0.1, -0.05) is 24.3 Å². The number of anilines is 4. The molecule has 2 amide bonds. The molecule has 7 heteroatoms. The third-order valence-corrected chi connectivity index (χ3v) is 4.06. The lowest BCUT2D eigenvalue weighted by Gasteiger charge is -2.12. The van der Waals surface area contributed by atoms with E-state index < -0.39 is 0 Å². The maximum Gasteiger partial charge on any atom is 0.275 e. The van der Waals surface area contributed by atoms with Gasteiger partial charge in [-0.2, -0.15) is 0 Å². The molecule has 0 saturated carbocycles. The van der Waals surface area contributed by atoms with Gasteiger partial charge in [-0.25, -0.2) is 9.97 Å². The molecule has 0 aliphatic heterocycles. The van der Waals surface area contributed by atoms with Gasteiger partial charge in [0.25, 0.3) is 5.91 Å². The predicted octanol–water partition coefficient (Wildman–Crippen LogP) is 4.05. The molecule has 7 nitrogen and oxygen atoms in total. The van der Waals surface area contributed by atoms with Crippen LogP contribution in [0.1, 0.15) is 28.5 Å². The van der Waals surface area contributed by atoms with Crippen LogP contribution < -0.4 is 16.0 Å². The van der Waals surface area contributed by atoms with Crippen molar-refractivity contribution in [3.8, 4) is 0 Å². The quantitative estimate of drug-likeness (QED) is 0.625. The van der Waals surface area contributed by atoms with Gasteiger partial charge in [0.15, 0.2) is 0 Å². The van der Waals surface area contributed by atoms with E-state index >= 15 is 0 Å². The summed E-state index contributed by atoms with van der Waals surface area (Å²) in [6.45, 7) is 5.45. The van der Waals surface area contributed by atoms with E-state index in [1.54, 1.807) is 24.3 Å². The Balaban J connectivity index is 1.69. The molecule has 0 aliphatic carbocycles. The van der Waals surface area contributed by atoms with Crippen molar-refractivity contribution in [2.24, 2.45) is 0 Å². The van der Waals surface area contributed by atoms with Gasteiger partial charge < -0.3 is 16.0 Å². The summed E-state index contributed by atoms with van der Waals surface area (Å²) in [7, 11) is 0. The van der Waals surface area contributed by atoms with Crippen LogP contribution in [-0.2, 0) is 4.79 Å². The number of benzene rings is 2. The van der Waals surface area contributed by atoms with E-state index in [2.05, 4.69) is 25.9 Å². The average Bonchev–Trinajstić information content (AvgIpc) is 2.65. The van der Waals surface area contributed by atoms with E-state index in [0.717, 1.165) is 16.8 Å². The lowest BCUT2D eigenvalue weighted by molar-refractivity contribution is -0.114. The van der Waals surface area contributed by atoms with Crippen LogP contribution in [0, 0.1) is 13.8 Å². The standard InChI is InChI=1S/C21H21N5O2/c1-13-6-4-7-14(2)20(13)26-19-12-22-18(11-23-19)21(28)25-17-9-5-8-16(10-17)24-15(3)27/h4-12H,1-3H3,(H,23,26)(H,24,27)(H,25,28). The molecule has 0 atom stereocenters. The number of rotatable bonds is 5. The second-order valence-corrected chi connectivity index (χ2v) is 6.39. The van der Waals surface area contributed by atoms with Crippen molar-refractivity contribution < 1.29 is 9.59 Å². The molecule has 2 aromatic carbocycles. The van der Waals surface area contributed by atoms with Gasteiger partial charge in [0, 0.05) is 24.0 Å². The first-order valence-electron chi connectivity index (χ1n) is 8.76. The molecule has 3 N–H and O–H groups in total. The first-order valence-corrected chi connectivity index (χ1v) is 8.76. The van der Waals surface area contributed by atoms with Crippen LogP contribution >= 0.6 is 0 Å². The van der Waals surface area contributed by atoms with Gasteiger partial charge in [-0.15, -0.1) is 0 Å². The fourth-order valence-corrected chi connectivity index (χ4v) is 2.72. The SMILES string of the molecule is CC(=O)Nc1cccc(NC(=O)c2cnc(Nc3c(C)cccc3C)cn2)c1. The zero-order valence-electron chi connectivity index (χ0n) is 15.9. The van der Waals surface area contributed by atoms with Crippen molar-refractivity contribution in [2.75, 3.05) is 16.0 Å². The maximum atomic E-state index is 12.4. The Morgan fingerprint density at radius 1 is 0.857 bits per heavy atom. The minimum absolute atomic E-state index is 0.179. The molecular formula is C21H21N5O2. The Morgan fingerprint density at radius 3 is 2.11 bits per heavy atom. The lowest BCUT2D eigenvalue weighted by atomic mass is 10.1. The van der Waals surface area contributed by atoms with Crippen molar-refractivity contribution in [2.45, 2.75) is 20.8 Å². The number of carbonyl (C=O) groups is 2. The largest absolute Gasteiger partial charge is 0.339 e. The fraction of sp³-hybridized carbons (Fsp3) is 0.143. The predicted molar refractivity (Wildman–Crippen MR) is 110 cm³/mol. The first-order chi connectivity index (χ1) is 13.4. The van der Waals surface area contributed by atoms with Gasteiger partial charge in [0.1, 0.15) is 11.5 Å². The maximum absolute atomic E-state index is 12.4. The lowest BCUT2D eigenvalue weighted by Crippen LogP contribution is -2.14. The molecule has 0 aliphatic rings. The number of hydrogen-bond acceptors (Lipinski definition) is 5. The van der Waals surface area contributed by atoms with Crippen LogP contribution in [-0.4, -0.2) is 21.8 Å². The summed E-state index contributed by atoms with van der Waals surface area (Å²) in [6, 6.07) is 12.9. The first kappa shape index (κ1) is 19.0. The number of aryl methyl sites for hydroxylation is 2. The normalized spacial score (nSPS) is 10.2. The number of hydrogen-bond donors (Lipinski definition) is 3. The van der Waals surface area contributed by atoms with E-state index in [1.165, 1.54) is 19.3 Å². The highest BCUT2D eigenvalue weighted by molar-refractivity contribution is 6.03. The van der Waals surface area contributed by atoms with Gasteiger partial charge in [0.05, 0.1) is 12.4 Å². The van der Waals surface area contributed by atoms with Crippen molar-refractivity contribution in [1.82, 2.24) is 9.97 Å². The average molecular weight is 375 g/mol. The molecule has 0 spiro atoms. The Bertz CT molecular complexity index is 995. The van der Waals surface area contributed by atoms with Gasteiger partial charge in [0.2, 0.25) is 5.91 Å². The second-order valence-electron chi connectivity index (χ2n) is 6.39. The Hall–Kier alpha value is -3.74. The third-order valence-electron chi connectivity index (χ3n) is 4.06. The van der Waals surface area contributed by atoms with Crippen molar-refractivity contribution >= 4 is 34.7 Å². The molecule has 3 aromatic rings. The number of para-hydroxylation sites is 1. The topological polar surface area (TPSA) is 96.0 Å².